The molecular weight excluding hydrogens is 340 g/mol. The van der Waals surface area contributed by atoms with Crippen molar-refractivity contribution in [3.8, 4) is 0 Å². The minimum absolute atomic E-state index is 0.255. The maximum Gasteiger partial charge on any atom is 0.220 e. The number of carbonyl (C=O) groups excluding carboxylic acids is 1. The SMILES string of the molecule is O=C(CC1CCCCC1)NC1CCN(c2ccccc2Br)C1. The van der Waals surface area contributed by atoms with E-state index < -0.39 is 0 Å². The van der Waals surface area contributed by atoms with Gasteiger partial charge < -0.3 is 10.2 Å². The number of halogens is 1. The quantitative estimate of drug-likeness (QED) is 0.871. The summed E-state index contributed by atoms with van der Waals surface area (Å²) in [5, 5.41) is 3.25. The molecule has 1 amide bonds. The molecule has 1 aromatic carbocycles. The monoisotopic (exact) mass is 364 g/mol. The molecule has 4 heteroatoms. The Balaban J connectivity index is 1.48. The lowest BCUT2D eigenvalue weighted by Crippen LogP contribution is -2.38. The van der Waals surface area contributed by atoms with Crippen molar-refractivity contribution in [1.82, 2.24) is 5.32 Å². The first-order valence-corrected chi connectivity index (χ1v) is 9.30. The number of anilines is 1. The molecular formula is C18H25BrN2O. The van der Waals surface area contributed by atoms with Crippen LogP contribution < -0.4 is 10.2 Å². The van der Waals surface area contributed by atoms with Gasteiger partial charge >= 0.3 is 0 Å². The van der Waals surface area contributed by atoms with Crippen LogP contribution in [0.25, 0.3) is 0 Å². The predicted octanol–water partition coefficient (Wildman–Crippen LogP) is 4.11. The number of hydrogen-bond donors (Lipinski definition) is 1. The number of amides is 1. The maximum atomic E-state index is 12.2. The molecule has 0 aromatic heterocycles. The summed E-state index contributed by atoms with van der Waals surface area (Å²) in [6.07, 6.45) is 8.20. The second-order valence-electron chi connectivity index (χ2n) is 6.66. The predicted molar refractivity (Wildman–Crippen MR) is 94.1 cm³/mol. The average Bonchev–Trinajstić information content (AvgIpc) is 2.97. The summed E-state index contributed by atoms with van der Waals surface area (Å²) in [6, 6.07) is 8.60. The van der Waals surface area contributed by atoms with Crippen LogP contribution in [0.2, 0.25) is 0 Å². The van der Waals surface area contributed by atoms with E-state index in [2.05, 4.69) is 44.3 Å². The van der Waals surface area contributed by atoms with Gasteiger partial charge in [-0.1, -0.05) is 31.4 Å². The van der Waals surface area contributed by atoms with Crippen LogP contribution in [0.5, 0.6) is 0 Å². The van der Waals surface area contributed by atoms with E-state index in [4.69, 9.17) is 0 Å². The molecule has 1 unspecified atom stereocenters. The molecule has 22 heavy (non-hydrogen) atoms. The zero-order valence-corrected chi connectivity index (χ0v) is 14.6. The molecule has 1 saturated carbocycles. The molecule has 2 aliphatic rings. The standard InChI is InChI=1S/C18H25BrN2O/c19-16-8-4-5-9-17(16)21-11-10-15(13-21)20-18(22)12-14-6-2-1-3-7-14/h4-5,8-9,14-15H,1-3,6-7,10-13H2,(H,20,22). The van der Waals surface area contributed by atoms with Crippen molar-refractivity contribution in [2.75, 3.05) is 18.0 Å². The zero-order valence-electron chi connectivity index (χ0n) is 13.1. The number of nitrogens with one attached hydrogen (secondary N) is 1. The van der Waals surface area contributed by atoms with Crippen LogP contribution >= 0.6 is 15.9 Å². The topological polar surface area (TPSA) is 32.3 Å². The van der Waals surface area contributed by atoms with E-state index in [0.29, 0.717) is 12.0 Å². The van der Waals surface area contributed by atoms with Crippen molar-refractivity contribution < 1.29 is 4.79 Å². The molecule has 1 aliphatic carbocycles. The smallest absolute Gasteiger partial charge is 0.220 e. The highest BCUT2D eigenvalue weighted by molar-refractivity contribution is 9.10. The Hall–Kier alpha value is -1.03. The third kappa shape index (κ3) is 4.03. The highest BCUT2D eigenvalue weighted by atomic mass is 79.9. The Morgan fingerprint density at radius 1 is 1.18 bits per heavy atom. The van der Waals surface area contributed by atoms with Gasteiger partial charge in [0, 0.05) is 30.0 Å². The van der Waals surface area contributed by atoms with Crippen LogP contribution in [0.1, 0.15) is 44.9 Å². The molecule has 120 valence electrons. The number of hydrogen-bond acceptors (Lipinski definition) is 2. The van der Waals surface area contributed by atoms with Gasteiger partial charge in [-0.2, -0.15) is 0 Å². The van der Waals surface area contributed by atoms with Gasteiger partial charge in [-0.25, -0.2) is 0 Å². The Morgan fingerprint density at radius 2 is 1.95 bits per heavy atom. The fourth-order valence-electron chi connectivity index (χ4n) is 3.75. The van der Waals surface area contributed by atoms with Gasteiger partial charge in [-0.3, -0.25) is 4.79 Å². The van der Waals surface area contributed by atoms with E-state index >= 15 is 0 Å². The van der Waals surface area contributed by atoms with Gasteiger partial charge in [0.25, 0.3) is 0 Å². The summed E-state index contributed by atoms with van der Waals surface area (Å²) in [6.45, 7) is 1.93. The number of rotatable bonds is 4. The van der Waals surface area contributed by atoms with Crippen molar-refractivity contribution in [1.29, 1.82) is 0 Å². The van der Waals surface area contributed by atoms with E-state index in [1.807, 2.05) is 6.07 Å². The molecule has 0 spiro atoms. The van der Waals surface area contributed by atoms with Crippen LogP contribution in [0.3, 0.4) is 0 Å². The summed E-state index contributed by atoms with van der Waals surface area (Å²) in [5.74, 6) is 0.875. The van der Waals surface area contributed by atoms with E-state index in [9.17, 15) is 4.79 Å². The summed E-state index contributed by atoms with van der Waals surface area (Å²) in [7, 11) is 0. The summed E-state index contributed by atoms with van der Waals surface area (Å²) < 4.78 is 1.13. The number of para-hydroxylation sites is 1. The first-order chi connectivity index (χ1) is 10.7. The highest BCUT2D eigenvalue weighted by Crippen LogP contribution is 2.29. The lowest BCUT2D eigenvalue weighted by atomic mass is 9.87. The third-order valence-electron chi connectivity index (χ3n) is 4.95. The van der Waals surface area contributed by atoms with E-state index in [0.717, 1.165) is 30.4 Å². The summed E-state index contributed by atoms with van der Waals surface area (Å²) in [4.78, 5) is 14.6. The minimum atomic E-state index is 0.255. The zero-order chi connectivity index (χ0) is 15.4. The second kappa shape index (κ2) is 7.49. The number of carbonyl (C=O) groups is 1. The molecule has 1 heterocycles. The van der Waals surface area contributed by atoms with Gasteiger partial charge in [-0.05, 0) is 53.2 Å². The molecule has 1 aromatic rings. The van der Waals surface area contributed by atoms with Crippen molar-refractivity contribution in [3.63, 3.8) is 0 Å². The van der Waals surface area contributed by atoms with E-state index in [-0.39, 0.29) is 5.91 Å². The molecule has 1 aliphatic heterocycles. The van der Waals surface area contributed by atoms with Crippen LogP contribution in [0.15, 0.2) is 28.7 Å². The molecule has 1 N–H and O–H groups in total. The average molecular weight is 365 g/mol. The highest BCUT2D eigenvalue weighted by Gasteiger charge is 2.26. The number of benzene rings is 1. The molecule has 3 nitrogen and oxygen atoms in total. The minimum Gasteiger partial charge on any atom is -0.368 e. The normalized spacial score (nSPS) is 22.8. The van der Waals surface area contributed by atoms with Gasteiger partial charge in [0.15, 0.2) is 0 Å². The second-order valence-corrected chi connectivity index (χ2v) is 7.51. The molecule has 0 bridgehead atoms. The summed E-state index contributed by atoms with van der Waals surface area (Å²) in [5.41, 5.74) is 1.23. The van der Waals surface area contributed by atoms with Crippen molar-refractivity contribution in [2.45, 2.75) is 51.0 Å². The fraction of sp³-hybridized carbons (Fsp3) is 0.611. The van der Waals surface area contributed by atoms with Crippen molar-refractivity contribution in [2.24, 2.45) is 5.92 Å². The third-order valence-corrected chi connectivity index (χ3v) is 5.62. The largest absolute Gasteiger partial charge is 0.368 e. The molecule has 0 radical (unpaired) electrons. The molecule has 2 fully saturated rings. The number of nitrogens with zero attached hydrogens (tertiary/aromatic N) is 1. The van der Waals surface area contributed by atoms with Crippen LogP contribution in [-0.4, -0.2) is 25.0 Å². The first-order valence-electron chi connectivity index (χ1n) is 8.51. The Morgan fingerprint density at radius 3 is 2.73 bits per heavy atom. The van der Waals surface area contributed by atoms with Crippen LogP contribution in [-0.2, 0) is 4.79 Å². The van der Waals surface area contributed by atoms with Crippen LogP contribution in [0, 0.1) is 5.92 Å². The van der Waals surface area contributed by atoms with Crippen molar-refractivity contribution >= 4 is 27.5 Å². The molecule has 1 saturated heterocycles. The Kier molecular flexibility index (Phi) is 5.40. The summed E-state index contributed by atoms with van der Waals surface area (Å²) >= 11 is 3.61. The first kappa shape index (κ1) is 15.9. The van der Waals surface area contributed by atoms with Gasteiger partial charge in [0.1, 0.15) is 0 Å². The Labute approximate surface area is 141 Å². The lowest BCUT2D eigenvalue weighted by Gasteiger charge is -2.23. The van der Waals surface area contributed by atoms with Crippen molar-refractivity contribution in [3.05, 3.63) is 28.7 Å². The van der Waals surface area contributed by atoms with E-state index in [1.54, 1.807) is 0 Å². The lowest BCUT2D eigenvalue weighted by molar-refractivity contribution is -0.122. The maximum absolute atomic E-state index is 12.2. The molecule has 3 rings (SSSR count). The Bertz CT molecular complexity index is 514. The van der Waals surface area contributed by atoms with E-state index in [1.165, 1.54) is 37.8 Å². The van der Waals surface area contributed by atoms with Crippen LogP contribution in [0.4, 0.5) is 5.69 Å². The van der Waals surface area contributed by atoms with Gasteiger partial charge in [0.05, 0.1) is 5.69 Å². The fourth-order valence-corrected chi connectivity index (χ4v) is 4.28. The van der Waals surface area contributed by atoms with Gasteiger partial charge in [0.2, 0.25) is 5.91 Å². The van der Waals surface area contributed by atoms with Gasteiger partial charge in [-0.15, -0.1) is 0 Å². The molecule has 1 atom stereocenters.